The second-order valence-electron chi connectivity index (χ2n) is 6.35. The van der Waals surface area contributed by atoms with Crippen LogP contribution < -0.4 is 5.32 Å². The number of alkyl halides is 3. The first kappa shape index (κ1) is 20.7. The summed E-state index contributed by atoms with van der Waals surface area (Å²) in [6.07, 6.45) is -8.88. The van der Waals surface area contributed by atoms with Gasteiger partial charge in [0, 0.05) is 6.54 Å². The van der Waals surface area contributed by atoms with Gasteiger partial charge < -0.3 is 20.3 Å². The molecule has 0 bridgehead atoms. The number of aliphatic hydroxyl groups is 2. The van der Waals surface area contributed by atoms with Crippen LogP contribution in [-0.4, -0.2) is 34.6 Å². The predicted molar refractivity (Wildman–Crippen MR) is 81.4 cm³/mol. The molecule has 3 N–H and O–H groups in total. The Hall–Kier alpha value is -2.31. The van der Waals surface area contributed by atoms with Crippen LogP contribution in [0.1, 0.15) is 43.6 Å². The van der Waals surface area contributed by atoms with Crippen molar-refractivity contribution < 1.29 is 32.9 Å². The number of carbonyl (C=O) groups is 1. The Kier molecular flexibility index (Phi) is 6.40. The van der Waals surface area contributed by atoms with E-state index in [9.17, 15) is 28.2 Å². The molecule has 0 heterocycles. The number of amides is 1. The lowest BCUT2D eigenvalue weighted by Gasteiger charge is -2.22. The number of alkyl carbamates (subject to hydrolysis) is 1. The lowest BCUT2D eigenvalue weighted by molar-refractivity contribution is -0.137. The van der Waals surface area contributed by atoms with Gasteiger partial charge in [-0.3, -0.25) is 0 Å². The van der Waals surface area contributed by atoms with Gasteiger partial charge in [0.15, 0.2) is 0 Å². The van der Waals surface area contributed by atoms with Crippen molar-refractivity contribution in [1.82, 2.24) is 5.32 Å². The summed E-state index contributed by atoms with van der Waals surface area (Å²) in [7, 11) is 0. The van der Waals surface area contributed by atoms with Crippen molar-refractivity contribution in [1.29, 1.82) is 5.26 Å². The summed E-state index contributed by atoms with van der Waals surface area (Å²) in [6.45, 7) is 4.44. The summed E-state index contributed by atoms with van der Waals surface area (Å²) < 4.78 is 43.4. The van der Waals surface area contributed by atoms with Gasteiger partial charge in [0.25, 0.3) is 0 Å². The Morgan fingerprint density at radius 1 is 1.28 bits per heavy atom. The Bertz CT molecular complexity index is 663. The van der Waals surface area contributed by atoms with E-state index in [4.69, 9.17) is 10.00 Å². The van der Waals surface area contributed by atoms with Crippen LogP contribution in [0.25, 0.3) is 0 Å². The molecule has 1 amide bonds. The molecule has 0 radical (unpaired) electrons. The van der Waals surface area contributed by atoms with Crippen LogP contribution in [0.5, 0.6) is 0 Å². The van der Waals surface area contributed by atoms with E-state index in [2.05, 4.69) is 5.32 Å². The smallest absolute Gasteiger partial charge is 0.416 e. The summed E-state index contributed by atoms with van der Waals surface area (Å²) in [5.74, 6) is 0. The highest BCUT2D eigenvalue weighted by Crippen LogP contribution is 2.32. The first-order chi connectivity index (χ1) is 11.3. The van der Waals surface area contributed by atoms with Gasteiger partial charge in [-0.15, -0.1) is 0 Å². The fourth-order valence-corrected chi connectivity index (χ4v) is 1.89. The summed E-state index contributed by atoms with van der Waals surface area (Å²) in [6, 6.07) is 3.89. The molecule has 0 aromatic heterocycles. The second kappa shape index (κ2) is 7.72. The molecule has 0 saturated carbocycles. The topological polar surface area (TPSA) is 103 Å². The maximum absolute atomic E-state index is 12.8. The third kappa shape index (κ3) is 6.60. The quantitative estimate of drug-likeness (QED) is 0.766. The molecule has 0 fully saturated rings. The SMILES string of the molecule is CC(C)(C)OC(=O)NCC(O)C(O)c1cc(C#N)cc(C(F)(F)F)c1. The molecule has 25 heavy (non-hydrogen) atoms. The second-order valence-corrected chi connectivity index (χ2v) is 6.35. The third-order valence-corrected chi connectivity index (χ3v) is 2.97. The van der Waals surface area contributed by atoms with Crippen LogP contribution in [-0.2, 0) is 10.9 Å². The number of hydrogen-bond acceptors (Lipinski definition) is 5. The molecule has 9 heteroatoms. The Labute approximate surface area is 142 Å². The normalized spacial score (nSPS) is 14.4. The highest BCUT2D eigenvalue weighted by Gasteiger charge is 2.32. The molecule has 0 aliphatic rings. The number of ether oxygens (including phenoxy) is 1. The van der Waals surface area contributed by atoms with Crippen LogP contribution in [0.3, 0.4) is 0 Å². The van der Waals surface area contributed by atoms with Crippen molar-refractivity contribution in [3.05, 3.63) is 34.9 Å². The molecule has 1 aromatic rings. The van der Waals surface area contributed by atoms with Gasteiger partial charge in [0.05, 0.1) is 17.2 Å². The summed E-state index contributed by atoms with van der Waals surface area (Å²) >= 11 is 0. The molecule has 0 aliphatic heterocycles. The minimum Gasteiger partial charge on any atom is -0.444 e. The third-order valence-electron chi connectivity index (χ3n) is 2.97. The molecule has 2 atom stereocenters. The number of nitrogens with one attached hydrogen (secondary N) is 1. The van der Waals surface area contributed by atoms with Crippen LogP contribution >= 0.6 is 0 Å². The molecule has 0 spiro atoms. The van der Waals surface area contributed by atoms with E-state index in [0.29, 0.717) is 12.1 Å². The standard InChI is InChI=1S/C16H19F3N2O4/c1-15(2,3)25-14(24)21-8-12(22)13(23)10-4-9(7-20)5-11(6-10)16(17,18)19/h4-6,12-13,22-23H,8H2,1-3H3,(H,21,24). The van der Waals surface area contributed by atoms with Gasteiger partial charge in [-0.25, -0.2) is 4.79 Å². The predicted octanol–water partition coefficient (Wildman–Crippen LogP) is 2.50. The Morgan fingerprint density at radius 2 is 1.88 bits per heavy atom. The maximum atomic E-state index is 12.8. The average molecular weight is 360 g/mol. The fraction of sp³-hybridized carbons (Fsp3) is 0.500. The first-order valence-electron chi connectivity index (χ1n) is 7.29. The molecule has 1 aromatic carbocycles. The first-order valence-corrected chi connectivity index (χ1v) is 7.29. The van der Waals surface area contributed by atoms with Crippen molar-refractivity contribution in [3.8, 4) is 6.07 Å². The van der Waals surface area contributed by atoms with Crippen molar-refractivity contribution in [2.24, 2.45) is 0 Å². The van der Waals surface area contributed by atoms with Gasteiger partial charge in [0.1, 0.15) is 17.8 Å². The lowest BCUT2D eigenvalue weighted by Crippen LogP contribution is -2.38. The van der Waals surface area contributed by atoms with Gasteiger partial charge in [-0.2, -0.15) is 18.4 Å². The molecule has 6 nitrogen and oxygen atoms in total. The van der Waals surface area contributed by atoms with E-state index in [-0.39, 0.29) is 11.1 Å². The average Bonchev–Trinajstić information content (AvgIpc) is 2.48. The molecule has 138 valence electrons. The molecule has 2 unspecified atom stereocenters. The number of benzene rings is 1. The molecule has 0 aliphatic carbocycles. The Morgan fingerprint density at radius 3 is 2.36 bits per heavy atom. The molecule has 0 saturated heterocycles. The molecular formula is C16H19F3N2O4. The number of nitriles is 1. The zero-order chi connectivity index (χ0) is 19.4. The van der Waals surface area contributed by atoms with Crippen molar-refractivity contribution >= 4 is 6.09 Å². The number of rotatable bonds is 4. The zero-order valence-corrected chi connectivity index (χ0v) is 13.9. The maximum Gasteiger partial charge on any atom is 0.416 e. The van der Waals surface area contributed by atoms with Crippen molar-refractivity contribution in [2.45, 2.75) is 44.8 Å². The van der Waals surface area contributed by atoms with Crippen molar-refractivity contribution in [3.63, 3.8) is 0 Å². The van der Waals surface area contributed by atoms with Crippen LogP contribution in [0, 0.1) is 11.3 Å². The van der Waals surface area contributed by atoms with Gasteiger partial charge >= 0.3 is 12.3 Å². The van der Waals surface area contributed by atoms with Crippen LogP contribution in [0.2, 0.25) is 0 Å². The van der Waals surface area contributed by atoms with Gasteiger partial charge in [0.2, 0.25) is 0 Å². The number of nitrogens with zero attached hydrogens (tertiary/aromatic N) is 1. The summed E-state index contributed by atoms with van der Waals surface area (Å²) in [4.78, 5) is 11.5. The van der Waals surface area contributed by atoms with Crippen molar-refractivity contribution in [2.75, 3.05) is 6.54 Å². The lowest BCUT2D eigenvalue weighted by atomic mass is 9.99. The number of hydrogen-bond donors (Lipinski definition) is 3. The van der Waals surface area contributed by atoms with Crippen LogP contribution in [0.4, 0.5) is 18.0 Å². The van der Waals surface area contributed by atoms with Gasteiger partial charge in [-0.05, 0) is 44.5 Å². The van der Waals surface area contributed by atoms with E-state index in [0.717, 1.165) is 6.07 Å². The van der Waals surface area contributed by atoms with Gasteiger partial charge in [-0.1, -0.05) is 0 Å². The number of halogens is 3. The number of carbonyl (C=O) groups excluding carboxylic acids is 1. The van der Waals surface area contributed by atoms with E-state index >= 15 is 0 Å². The largest absolute Gasteiger partial charge is 0.444 e. The van der Waals surface area contributed by atoms with Crippen LogP contribution in [0.15, 0.2) is 18.2 Å². The number of aliphatic hydroxyl groups excluding tert-OH is 2. The van der Waals surface area contributed by atoms with E-state index in [1.807, 2.05) is 0 Å². The molecule has 1 rings (SSSR count). The highest BCUT2D eigenvalue weighted by atomic mass is 19.4. The van der Waals surface area contributed by atoms with E-state index in [1.54, 1.807) is 26.8 Å². The summed E-state index contributed by atoms with van der Waals surface area (Å²) in [5, 5.41) is 30.9. The van der Waals surface area contributed by atoms with E-state index in [1.165, 1.54) is 0 Å². The monoisotopic (exact) mass is 360 g/mol. The van der Waals surface area contributed by atoms with E-state index < -0.39 is 42.2 Å². The highest BCUT2D eigenvalue weighted by molar-refractivity contribution is 5.67. The minimum atomic E-state index is -4.71. The zero-order valence-electron chi connectivity index (χ0n) is 13.9. The minimum absolute atomic E-state index is 0.287. The fourth-order valence-electron chi connectivity index (χ4n) is 1.89. The summed E-state index contributed by atoms with van der Waals surface area (Å²) in [5.41, 5.74) is -2.48. The Balaban J connectivity index is 2.87. The molecular weight excluding hydrogens is 341 g/mol.